The third kappa shape index (κ3) is 5.48. The molecule has 1 heterocycles. The van der Waals surface area contributed by atoms with E-state index in [0.29, 0.717) is 22.0 Å². The highest BCUT2D eigenvalue weighted by Crippen LogP contribution is 2.31. The average molecular weight is 482 g/mol. The van der Waals surface area contributed by atoms with Crippen molar-refractivity contribution < 1.29 is 9.59 Å². The maximum atomic E-state index is 12.5. The number of nitrogens with one attached hydrogen (secondary N) is 2. The summed E-state index contributed by atoms with van der Waals surface area (Å²) in [4.78, 5) is 29.4. The minimum Gasteiger partial charge on any atom is -0.325 e. The lowest BCUT2D eigenvalue weighted by molar-refractivity contribution is -0.113. The fraction of sp³-hybridized carbons (Fsp3) is 0.125. The molecule has 8 heteroatoms. The van der Waals surface area contributed by atoms with Crippen molar-refractivity contribution in [3.63, 3.8) is 0 Å². The molecule has 2 amide bonds. The largest absolute Gasteiger partial charge is 0.325 e. The molecule has 2 N–H and O–H groups in total. The Balaban J connectivity index is 1.38. The van der Waals surface area contributed by atoms with E-state index in [1.807, 2.05) is 62.4 Å². The van der Waals surface area contributed by atoms with E-state index in [-0.39, 0.29) is 17.6 Å². The molecule has 4 rings (SSSR count). The Kier molecular flexibility index (Phi) is 6.79. The predicted molar refractivity (Wildman–Crippen MR) is 134 cm³/mol. The zero-order valence-corrected chi connectivity index (χ0v) is 19.8. The van der Waals surface area contributed by atoms with Crippen molar-refractivity contribution in [3.05, 3.63) is 82.4 Å². The third-order valence-electron chi connectivity index (χ3n) is 4.69. The first-order valence-corrected chi connectivity index (χ1v) is 12.0. The molecule has 0 aliphatic carbocycles. The molecule has 162 valence electrons. The molecular formula is C24H20ClN3O2S2. The van der Waals surface area contributed by atoms with E-state index in [2.05, 4.69) is 15.6 Å². The maximum Gasteiger partial charge on any atom is 0.255 e. The van der Waals surface area contributed by atoms with E-state index >= 15 is 0 Å². The molecule has 0 atom stereocenters. The second-order valence-electron chi connectivity index (χ2n) is 7.29. The molecule has 4 aromatic rings. The summed E-state index contributed by atoms with van der Waals surface area (Å²) in [7, 11) is 0. The lowest BCUT2D eigenvalue weighted by Gasteiger charge is -2.06. The fourth-order valence-corrected chi connectivity index (χ4v) is 5.12. The number of nitrogens with zero attached hydrogens (tertiary/aromatic N) is 1. The second-order valence-corrected chi connectivity index (χ2v) is 9.95. The molecule has 0 saturated carbocycles. The van der Waals surface area contributed by atoms with Crippen LogP contribution in [-0.2, 0) is 4.79 Å². The van der Waals surface area contributed by atoms with Crippen LogP contribution in [-0.4, -0.2) is 22.6 Å². The van der Waals surface area contributed by atoms with Crippen molar-refractivity contribution in [2.75, 3.05) is 16.4 Å². The molecule has 3 aromatic carbocycles. The van der Waals surface area contributed by atoms with Gasteiger partial charge in [0.2, 0.25) is 5.91 Å². The van der Waals surface area contributed by atoms with E-state index in [0.717, 1.165) is 25.7 Å². The molecule has 0 unspecified atom stereocenters. The van der Waals surface area contributed by atoms with Crippen molar-refractivity contribution in [3.8, 4) is 0 Å². The van der Waals surface area contributed by atoms with Gasteiger partial charge >= 0.3 is 0 Å². The number of hydrogen-bond acceptors (Lipinski definition) is 5. The molecule has 0 bridgehead atoms. The van der Waals surface area contributed by atoms with Gasteiger partial charge in [0, 0.05) is 22.0 Å². The molecule has 0 spiro atoms. The van der Waals surface area contributed by atoms with Crippen LogP contribution in [0.1, 0.15) is 21.5 Å². The van der Waals surface area contributed by atoms with Crippen LogP contribution in [0.15, 0.2) is 65.0 Å². The van der Waals surface area contributed by atoms with Crippen LogP contribution >= 0.6 is 34.7 Å². The number of thioether (sulfide) groups is 1. The van der Waals surface area contributed by atoms with Crippen molar-refractivity contribution in [1.82, 2.24) is 4.98 Å². The van der Waals surface area contributed by atoms with Gasteiger partial charge in [-0.1, -0.05) is 47.1 Å². The average Bonchev–Trinajstić information content (AvgIpc) is 3.17. The van der Waals surface area contributed by atoms with Crippen LogP contribution < -0.4 is 10.6 Å². The standard InChI is InChI=1S/C24H20ClN3O2S2/c1-14-4-3-5-16(10-14)23(30)27-18-8-9-20-21(12-18)32-24(28-20)31-13-22(29)26-17-7-6-15(2)19(25)11-17/h3-12H,13H2,1-2H3,(H,26,29)(H,27,30). The number of rotatable bonds is 6. The van der Waals surface area contributed by atoms with Gasteiger partial charge < -0.3 is 10.6 Å². The van der Waals surface area contributed by atoms with Gasteiger partial charge in [-0.15, -0.1) is 11.3 Å². The van der Waals surface area contributed by atoms with Gasteiger partial charge in [-0.3, -0.25) is 9.59 Å². The molecule has 0 fully saturated rings. The van der Waals surface area contributed by atoms with Crippen LogP contribution in [0.5, 0.6) is 0 Å². The van der Waals surface area contributed by atoms with Crippen molar-refractivity contribution in [2.45, 2.75) is 18.2 Å². The van der Waals surface area contributed by atoms with E-state index in [4.69, 9.17) is 11.6 Å². The summed E-state index contributed by atoms with van der Waals surface area (Å²) in [6, 6.07) is 18.5. The Bertz CT molecular complexity index is 1320. The minimum atomic E-state index is -0.153. The highest BCUT2D eigenvalue weighted by molar-refractivity contribution is 8.01. The summed E-state index contributed by atoms with van der Waals surface area (Å²) in [5.41, 5.74) is 4.82. The van der Waals surface area contributed by atoms with E-state index < -0.39 is 0 Å². The summed E-state index contributed by atoms with van der Waals surface area (Å²) in [6.07, 6.45) is 0. The highest BCUT2D eigenvalue weighted by Gasteiger charge is 2.11. The van der Waals surface area contributed by atoms with Crippen molar-refractivity contribution in [2.24, 2.45) is 0 Å². The van der Waals surface area contributed by atoms with Crippen molar-refractivity contribution in [1.29, 1.82) is 0 Å². The number of aromatic nitrogens is 1. The summed E-state index contributed by atoms with van der Waals surface area (Å²) in [5, 5.41) is 6.40. The van der Waals surface area contributed by atoms with Gasteiger partial charge in [0.15, 0.2) is 4.34 Å². The van der Waals surface area contributed by atoms with Crippen LogP contribution in [0.4, 0.5) is 11.4 Å². The number of halogens is 1. The van der Waals surface area contributed by atoms with Gasteiger partial charge in [0.25, 0.3) is 5.91 Å². The Hall–Kier alpha value is -2.87. The van der Waals surface area contributed by atoms with Crippen LogP contribution in [0.2, 0.25) is 5.02 Å². The van der Waals surface area contributed by atoms with Crippen LogP contribution in [0.25, 0.3) is 10.2 Å². The van der Waals surface area contributed by atoms with E-state index in [1.165, 1.54) is 23.1 Å². The van der Waals surface area contributed by atoms with Gasteiger partial charge in [0.1, 0.15) is 0 Å². The molecule has 0 radical (unpaired) electrons. The van der Waals surface area contributed by atoms with Gasteiger partial charge in [-0.2, -0.15) is 0 Å². The minimum absolute atomic E-state index is 0.125. The Morgan fingerprint density at radius 2 is 1.78 bits per heavy atom. The van der Waals surface area contributed by atoms with Gasteiger partial charge in [-0.05, 0) is 61.9 Å². The summed E-state index contributed by atoms with van der Waals surface area (Å²) in [5.74, 6) is -0.0391. The SMILES string of the molecule is Cc1cccc(C(=O)Nc2ccc3nc(SCC(=O)Nc4ccc(C)c(Cl)c4)sc3c2)c1. The number of anilines is 2. The van der Waals surface area contributed by atoms with E-state index in [1.54, 1.807) is 12.1 Å². The monoisotopic (exact) mass is 481 g/mol. The lowest BCUT2D eigenvalue weighted by Crippen LogP contribution is -2.13. The first kappa shape index (κ1) is 22.3. The summed E-state index contributed by atoms with van der Waals surface area (Å²) in [6.45, 7) is 3.87. The van der Waals surface area contributed by atoms with Gasteiger partial charge in [0.05, 0.1) is 16.0 Å². The molecule has 0 saturated heterocycles. The maximum absolute atomic E-state index is 12.5. The molecule has 5 nitrogen and oxygen atoms in total. The van der Waals surface area contributed by atoms with Crippen molar-refractivity contribution >= 4 is 68.1 Å². The molecule has 0 aliphatic heterocycles. The number of benzene rings is 3. The normalized spacial score (nSPS) is 10.8. The lowest BCUT2D eigenvalue weighted by atomic mass is 10.1. The Labute approximate surface area is 199 Å². The van der Waals surface area contributed by atoms with Gasteiger partial charge in [-0.25, -0.2) is 4.98 Å². The zero-order chi connectivity index (χ0) is 22.7. The number of hydrogen-bond donors (Lipinski definition) is 2. The Morgan fingerprint density at radius 3 is 2.56 bits per heavy atom. The number of thiazole rings is 1. The quantitative estimate of drug-likeness (QED) is 0.306. The number of carbonyl (C=O) groups is 2. The summed E-state index contributed by atoms with van der Waals surface area (Å²) < 4.78 is 1.74. The smallest absolute Gasteiger partial charge is 0.255 e. The third-order valence-corrected chi connectivity index (χ3v) is 7.26. The molecule has 0 aliphatic rings. The van der Waals surface area contributed by atoms with E-state index in [9.17, 15) is 9.59 Å². The number of fused-ring (bicyclic) bond motifs is 1. The molecule has 1 aromatic heterocycles. The molecule has 32 heavy (non-hydrogen) atoms. The number of carbonyl (C=O) groups excluding carboxylic acids is 2. The zero-order valence-electron chi connectivity index (χ0n) is 17.4. The first-order valence-electron chi connectivity index (χ1n) is 9.85. The predicted octanol–water partition coefficient (Wildman–Crippen LogP) is 6.55. The number of aryl methyl sites for hydroxylation is 2. The Morgan fingerprint density at radius 1 is 1.00 bits per heavy atom. The second kappa shape index (κ2) is 9.73. The van der Waals surface area contributed by atoms with Crippen LogP contribution in [0.3, 0.4) is 0 Å². The first-order chi connectivity index (χ1) is 15.4. The number of amides is 2. The molecular weight excluding hydrogens is 462 g/mol. The topological polar surface area (TPSA) is 71.1 Å². The fourth-order valence-electron chi connectivity index (χ4n) is 3.03. The van der Waals surface area contributed by atoms with Crippen LogP contribution in [0, 0.1) is 13.8 Å². The highest BCUT2D eigenvalue weighted by atomic mass is 35.5. The summed E-state index contributed by atoms with van der Waals surface area (Å²) >= 11 is 8.97.